The van der Waals surface area contributed by atoms with Gasteiger partial charge in [-0.2, -0.15) is 0 Å². The van der Waals surface area contributed by atoms with Gasteiger partial charge in [0, 0.05) is 28.3 Å². The predicted octanol–water partition coefficient (Wildman–Crippen LogP) is 3.21. The Morgan fingerprint density at radius 3 is 2.86 bits per heavy atom. The Balaban J connectivity index is 1.83. The molecule has 21 heavy (non-hydrogen) atoms. The Bertz CT molecular complexity index is 626. The summed E-state index contributed by atoms with van der Waals surface area (Å²) in [7, 11) is 0. The van der Waals surface area contributed by atoms with Gasteiger partial charge < -0.3 is 20.8 Å². The zero-order chi connectivity index (χ0) is 15.5. The zero-order valence-corrected chi connectivity index (χ0v) is 12.8. The molecule has 5 heteroatoms. The monoisotopic (exact) mass is 289 g/mol. The molecule has 1 heterocycles. The highest BCUT2D eigenvalue weighted by Crippen LogP contribution is 2.21. The maximum absolute atomic E-state index is 11.5. The molecule has 0 unspecified atom stereocenters. The molecule has 4 N–H and O–H groups in total. The van der Waals surface area contributed by atoms with Crippen LogP contribution >= 0.6 is 0 Å². The number of hydrogen-bond acceptors (Lipinski definition) is 3. The fourth-order valence-electron chi connectivity index (χ4n) is 2.17. The molecular weight excluding hydrogens is 266 g/mol. The highest BCUT2D eigenvalue weighted by molar-refractivity contribution is 5.86. The van der Waals surface area contributed by atoms with E-state index in [9.17, 15) is 4.79 Å². The first-order valence-corrected chi connectivity index (χ1v) is 7.15. The number of ether oxygens (including phenoxy) is 1. The molecule has 0 atom stereocenters. The second-order valence-corrected chi connectivity index (χ2v) is 6.23. The van der Waals surface area contributed by atoms with Gasteiger partial charge in [0.2, 0.25) is 0 Å². The van der Waals surface area contributed by atoms with Gasteiger partial charge >= 0.3 is 6.09 Å². The molecule has 0 aliphatic carbocycles. The van der Waals surface area contributed by atoms with Crippen LogP contribution in [0.1, 0.15) is 32.8 Å². The minimum atomic E-state index is -0.370. The van der Waals surface area contributed by atoms with Crippen LogP contribution in [0.2, 0.25) is 0 Å². The molecule has 0 saturated carbocycles. The summed E-state index contributed by atoms with van der Waals surface area (Å²) in [5.74, 6) is 0. The van der Waals surface area contributed by atoms with Gasteiger partial charge in [0.05, 0.1) is 6.61 Å². The number of fused-ring (bicyclic) bond motifs is 1. The van der Waals surface area contributed by atoms with Crippen molar-refractivity contribution in [3.05, 3.63) is 30.0 Å². The van der Waals surface area contributed by atoms with Crippen LogP contribution in [-0.4, -0.2) is 23.2 Å². The van der Waals surface area contributed by atoms with Gasteiger partial charge in [0.15, 0.2) is 0 Å². The van der Waals surface area contributed by atoms with Crippen LogP contribution in [0.3, 0.4) is 0 Å². The minimum Gasteiger partial charge on any atom is -0.450 e. The number of carbonyl (C=O) groups excluding carboxylic acids is 1. The lowest BCUT2D eigenvalue weighted by Crippen LogP contribution is -2.41. The summed E-state index contributed by atoms with van der Waals surface area (Å²) in [4.78, 5) is 14.7. The predicted molar refractivity (Wildman–Crippen MR) is 85.3 cm³/mol. The number of nitrogens with one attached hydrogen (secondary N) is 2. The molecule has 0 bridgehead atoms. The van der Waals surface area contributed by atoms with Crippen LogP contribution in [0.4, 0.5) is 10.5 Å². The SMILES string of the molecule is CC(C)(C)NC(=O)OCCCc1c[nH]c2ccc(N)cc12. The summed E-state index contributed by atoms with van der Waals surface area (Å²) in [6.07, 6.45) is 3.23. The highest BCUT2D eigenvalue weighted by atomic mass is 16.5. The fraction of sp³-hybridized carbons (Fsp3) is 0.438. The average molecular weight is 289 g/mol. The number of alkyl carbamates (subject to hydrolysis) is 1. The third-order valence-electron chi connectivity index (χ3n) is 3.09. The summed E-state index contributed by atoms with van der Waals surface area (Å²) in [6, 6.07) is 5.82. The summed E-state index contributed by atoms with van der Waals surface area (Å²) < 4.78 is 5.17. The van der Waals surface area contributed by atoms with Crippen molar-refractivity contribution in [1.82, 2.24) is 10.3 Å². The molecule has 1 amide bonds. The second-order valence-electron chi connectivity index (χ2n) is 6.23. The number of nitrogens with two attached hydrogens (primary N) is 1. The topological polar surface area (TPSA) is 80.1 Å². The number of amides is 1. The molecule has 0 aliphatic rings. The molecule has 0 spiro atoms. The third-order valence-corrected chi connectivity index (χ3v) is 3.09. The molecule has 114 valence electrons. The van der Waals surface area contributed by atoms with E-state index in [1.165, 1.54) is 5.56 Å². The van der Waals surface area contributed by atoms with E-state index in [1.807, 2.05) is 45.2 Å². The molecule has 2 rings (SSSR count). The van der Waals surface area contributed by atoms with Crippen molar-refractivity contribution in [2.24, 2.45) is 0 Å². The molecule has 5 nitrogen and oxygen atoms in total. The number of hydrogen-bond donors (Lipinski definition) is 3. The largest absolute Gasteiger partial charge is 0.450 e. The van der Waals surface area contributed by atoms with E-state index >= 15 is 0 Å². The Morgan fingerprint density at radius 1 is 1.38 bits per heavy atom. The maximum atomic E-state index is 11.5. The van der Waals surface area contributed by atoms with Crippen LogP contribution in [0.5, 0.6) is 0 Å². The number of nitrogen functional groups attached to an aromatic ring is 1. The maximum Gasteiger partial charge on any atom is 0.407 e. The average Bonchev–Trinajstić information content (AvgIpc) is 2.75. The number of carbonyl (C=O) groups is 1. The number of benzene rings is 1. The van der Waals surface area contributed by atoms with Gasteiger partial charge in [0.1, 0.15) is 0 Å². The van der Waals surface area contributed by atoms with Crippen molar-refractivity contribution in [1.29, 1.82) is 0 Å². The van der Waals surface area contributed by atoms with Gasteiger partial charge in [-0.15, -0.1) is 0 Å². The van der Waals surface area contributed by atoms with E-state index in [4.69, 9.17) is 10.5 Å². The molecule has 0 radical (unpaired) electrons. The van der Waals surface area contributed by atoms with Gasteiger partial charge in [-0.05, 0) is 57.4 Å². The lowest BCUT2D eigenvalue weighted by atomic mass is 10.1. The number of H-pyrrole nitrogens is 1. The molecule has 1 aromatic heterocycles. The first-order chi connectivity index (χ1) is 9.85. The number of aryl methyl sites for hydroxylation is 1. The van der Waals surface area contributed by atoms with E-state index in [0.29, 0.717) is 6.61 Å². The van der Waals surface area contributed by atoms with E-state index in [0.717, 1.165) is 29.4 Å². The van der Waals surface area contributed by atoms with Gasteiger partial charge in [0.25, 0.3) is 0 Å². The van der Waals surface area contributed by atoms with Gasteiger partial charge in [-0.25, -0.2) is 4.79 Å². The standard InChI is InChI=1S/C16H23N3O2/c1-16(2,3)19-15(20)21-8-4-5-11-10-18-14-7-6-12(17)9-13(11)14/h6-7,9-10,18H,4-5,8,17H2,1-3H3,(H,19,20). The minimum absolute atomic E-state index is 0.272. The van der Waals surface area contributed by atoms with Crippen molar-refractivity contribution in [2.45, 2.75) is 39.2 Å². The number of anilines is 1. The Labute approximate surface area is 124 Å². The first-order valence-electron chi connectivity index (χ1n) is 7.15. The van der Waals surface area contributed by atoms with Crippen LogP contribution in [-0.2, 0) is 11.2 Å². The number of rotatable bonds is 4. The summed E-state index contributed by atoms with van der Waals surface area (Å²) in [5.41, 5.74) is 8.56. The van der Waals surface area contributed by atoms with Crippen LogP contribution in [0.15, 0.2) is 24.4 Å². The van der Waals surface area contributed by atoms with E-state index in [-0.39, 0.29) is 11.6 Å². The Kier molecular flexibility index (Phi) is 4.40. The Hall–Kier alpha value is -2.17. The van der Waals surface area contributed by atoms with Crippen molar-refractivity contribution in [3.63, 3.8) is 0 Å². The Morgan fingerprint density at radius 2 is 2.14 bits per heavy atom. The van der Waals surface area contributed by atoms with E-state index in [2.05, 4.69) is 10.3 Å². The van der Waals surface area contributed by atoms with Crippen molar-refractivity contribution < 1.29 is 9.53 Å². The van der Waals surface area contributed by atoms with Crippen LogP contribution in [0.25, 0.3) is 10.9 Å². The van der Waals surface area contributed by atoms with Crippen molar-refractivity contribution in [3.8, 4) is 0 Å². The third kappa shape index (κ3) is 4.41. The zero-order valence-electron chi connectivity index (χ0n) is 12.8. The van der Waals surface area contributed by atoms with Gasteiger partial charge in [-0.1, -0.05) is 0 Å². The smallest absolute Gasteiger partial charge is 0.407 e. The molecule has 2 aromatic rings. The number of aromatic nitrogens is 1. The summed E-state index contributed by atoms with van der Waals surface area (Å²) >= 11 is 0. The normalized spacial score (nSPS) is 11.6. The molecular formula is C16H23N3O2. The van der Waals surface area contributed by atoms with Crippen LogP contribution < -0.4 is 11.1 Å². The number of aromatic amines is 1. The van der Waals surface area contributed by atoms with Crippen LogP contribution in [0, 0.1) is 0 Å². The fourth-order valence-corrected chi connectivity index (χ4v) is 2.17. The molecule has 1 aromatic carbocycles. The molecule has 0 fully saturated rings. The summed E-state index contributed by atoms with van der Waals surface area (Å²) in [5, 5.41) is 3.90. The van der Waals surface area contributed by atoms with Gasteiger partial charge in [-0.3, -0.25) is 0 Å². The van der Waals surface area contributed by atoms with Crippen molar-refractivity contribution in [2.75, 3.05) is 12.3 Å². The second kappa shape index (κ2) is 6.08. The lowest BCUT2D eigenvalue weighted by molar-refractivity contribution is 0.136. The summed E-state index contributed by atoms with van der Waals surface area (Å²) in [6.45, 7) is 6.16. The molecule has 0 saturated heterocycles. The van der Waals surface area contributed by atoms with E-state index in [1.54, 1.807) is 0 Å². The van der Waals surface area contributed by atoms with E-state index < -0.39 is 0 Å². The quantitative estimate of drug-likeness (QED) is 0.597. The highest BCUT2D eigenvalue weighted by Gasteiger charge is 2.14. The molecule has 0 aliphatic heterocycles. The lowest BCUT2D eigenvalue weighted by Gasteiger charge is -2.19. The van der Waals surface area contributed by atoms with Crippen molar-refractivity contribution >= 4 is 22.7 Å². The first kappa shape index (κ1) is 15.2.